The lowest BCUT2D eigenvalue weighted by Gasteiger charge is -2.11. The molecule has 2 aromatic rings. The molecule has 0 amide bonds. The van der Waals surface area contributed by atoms with E-state index in [0.29, 0.717) is 6.42 Å². The monoisotopic (exact) mass is 300 g/mol. The zero-order chi connectivity index (χ0) is 15.9. The van der Waals surface area contributed by atoms with Gasteiger partial charge < -0.3 is 9.67 Å². The summed E-state index contributed by atoms with van der Waals surface area (Å²) in [7, 11) is 0. The Hall–Kier alpha value is -2.10. The number of imidazole rings is 1. The first-order valence-electron chi connectivity index (χ1n) is 7.91. The number of aliphatic carboxylic acids is 1. The molecule has 0 saturated heterocycles. The molecule has 1 heterocycles. The number of benzene rings is 1. The van der Waals surface area contributed by atoms with Crippen molar-refractivity contribution in [2.45, 2.75) is 52.0 Å². The Morgan fingerprint density at radius 1 is 1.27 bits per heavy atom. The maximum Gasteiger partial charge on any atom is 0.310 e. The molecule has 118 valence electrons. The normalized spacial score (nSPS) is 12.3. The molecular weight excluding hydrogens is 276 g/mol. The summed E-state index contributed by atoms with van der Waals surface area (Å²) in [5.41, 5.74) is 2.17. The van der Waals surface area contributed by atoms with Crippen LogP contribution in [0.5, 0.6) is 0 Å². The molecule has 2 rings (SSSR count). The maximum atomic E-state index is 11.2. The largest absolute Gasteiger partial charge is 0.481 e. The van der Waals surface area contributed by atoms with Crippen LogP contribution < -0.4 is 0 Å². The summed E-state index contributed by atoms with van der Waals surface area (Å²) in [5, 5.41) is 9.17. The summed E-state index contributed by atoms with van der Waals surface area (Å²) in [6.07, 6.45) is 7.73. The first kappa shape index (κ1) is 16.3. The molecule has 1 atom stereocenters. The second kappa shape index (κ2) is 7.78. The van der Waals surface area contributed by atoms with Gasteiger partial charge in [0.2, 0.25) is 0 Å². The Kier molecular flexibility index (Phi) is 5.75. The highest BCUT2D eigenvalue weighted by Gasteiger charge is 2.16. The molecule has 4 nitrogen and oxygen atoms in total. The number of aromatic nitrogens is 2. The highest BCUT2D eigenvalue weighted by Crippen LogP contribution is 2.20. The fourth-order valence-corrected chi connectivity index (χ4v) is 2.72. The van der Waals surface area contributed by atoms with E-state index in [9.17, 15) is 9.90 Å². The van der Waals surface area contributed by atoms with Gasteiger partial charge in [-0.3, -0.25) is 4.79 Å². The van der Waals surface area contributed by atoms with Crippen molar-refractivity contribution in [1.82, 2.24) is 9.55 Å². The smallest absolute Gasteiger partial charge is 0.310 e. The minimum atomic E-state index is -0.744. The van der Waals surface area contributed by atoms with Crippen LogP contribution in [-0.2, 0) is 17.8 Å². The molecule has 0 fully saturated rings. The summed E-state index contributed by atoms with van der Waals surface area (Å²) in [4.78, 5) is 15.4. The molecule has 0 aliphatic heterocycles. The molecule has 0 saturated carbocycles. The van der Waals surface area contributed by atoms with E-state index in [2.05, 4.69) is 21.7 Å². The van der Waals surface area contributed by atoms with Crippen molar-refractivity contribution in [3.63, 3.8) is 0 Å². The van der Waals surface area contributed by atoms with Crippen molar-refractivity contribution >= 4 is 5.97 Å². The van der Waals surface area contributed by atoms with Gasteiger partial charge >= 0.3 is 5.97 Å². The van der Waals surface area contributed by atoms with Gasteiger partial charge in [-0.15, -0.1) is 0 Å². The van der Waals surface area contributed by atoms with Crippen molar-refractivity contribution in [2.24, 2.45) is 0 Å². The van der Waals surface area contributed by atoms with Crippen molar-refractivity contribution < 1.29 is 9.90 Å². The summed E-state index contributed by atoms with van der Waals surface area (Å²) in [5.74, 6) is -0.0761. The Labute approximate surface area is 131 Å². The van der Waals surface area contributed by atoms with Gasteiger partial charge in [0, 0.05) is 18.9 Å². The van der Waals surface area contributed by atoms with Crippen LogP contribution in [0.4, 0.5) is 0 Å². The van der Waals surface area contributed by atoms with Gasteiger partial charge in [-0.2, -0.15) is 0 Å². The van der Waals surface area contributed by atoms with E-state index in [-0.39, 0.29) is 0 Å². The predicted octanol–water partition coefficient (Wildman–Crippen LogP) is 3.79. The summed E-state index contributed by atoms with van der Waals surface area (Å²) < 4.78 is 2.17. The van der Waals surface area contributed by atoms with Gasteiger partial charge in [0.1, 0.15) is 5.82 Å². The van der Waals surface area contributed by atoms with E-state index >= 15 is 0 Å². The topological polar surface area (TPSA) is 55.1 Å². The number of unbranched alkanes of at least 4 members (excludes halogenated alkanes) is 1. The molecule has 1 aromatic carbocycles. The van der Waals surface area contributed by atoms with Crippen LogP contribution >= 0.6 is 0 Å². The molecule has 0 bridgehead atoms. The molecule has 1 N–H and O–H groups in total. The van der Waals surface area contributed by atoms with Crippen molar-refractivity contribution in [3.8, 4) is 0 Å². The fourth-order valence-electron chi connectivity index (χ4n) is 2.72. The van der Waals surface area contributed by atoms with Gasteiger partial charge in [-0.05, 0) is 43.7 Å². The zero-order valence-electron chi connectivity index (χ0n) is 13.3. The third-order valence-electron chi connectivity index (χ3n) is 4.13. The third kappa shape index (κ3) is 4.20. The molecule has 0 aliphatic carbocycles. The average Bonchev–Trinajstić information content (AvgIpc) is 2.91. The first-order chi connectivity index (χ1) is 10.6. The van der Waals surface area contributed by atoms with Gasteiger partial charge in [0.05, 0.1) is 5.92 Å². The van der Waals surface area contributed by atoms with Crippen LogP contribution in [0.25, 0.3) is 0 Å². The van der Waals surface area contributed by atoms with Crippen LogP contribution in [0.15, 0.2) is 36.7 Å². The van der Waals surface area contributed by atoms with Gasteiger partial charge in [0.15, 0.2) is 0 Å². The Bertz CT molecular complexity index is 602. The summed E-state index contributed by atoms with van der Waals surface area (Å²) in [6, 6.07) is 8.03. The predicted molar refractivity (Wildman–Crippen MR) is 87.0 cm³/mol. The second-order valence-corrected chi connectivity index (χ2v) is 5.67. The van der Waals surface area contributed by atoms with Crippen LogP contribution in [0, 0.1) is 6.92 Å². The number of carbonyl (C=O) groups is 1. The number of rotatable bonds is 8. The Morgan fingerprint density at radius 3 is 2.55 bits per heavy atom. The van der Waals surface area contributed by atoms with E-state index < -0.39 is 11.9 Å². The Morgan fingerprint density at radius 2 is 2.00 bits per heavy atom. The van der Waals surface area contributed by atoms with E-state index in [1.807, 2.05) is 38.4 Å². The fraction of sp³-hybridized carbons (Fsp3) is 0.444. The minimum absolute atomic E-state index is 0.390. The molecule has 1 unspecified atom stereocenters. The molecule has 0 spiro atoms. The third-order valence-corrected chi connectivity index (χ3v) is 4.13. The number of hydrogen-bond acceptors (Lipinski definition) is 2. The lowest BCUT2D eigenvalue weighted by molar-refractivity contribution is -0.138. The zero-order valence-corrected chi connectivity index (χ0v) is 13.3. The first-order valence-corrected chi connectivity index (χ1v) is 7.91. The minimum Gasteiger partial charge on any atom is -0.481 e. The highest BCUT2D eigenvalue weighted by atomic mass is 16.4. The number of hydrogen-bond donors (Lipinski definition) is 1. The van der Waals surface area contributed by atoms with Gasteiger partial charge in [-0.25, -0.2) is 4.98 Å². The van der Waals surface area contributed by atoms with Crippen molar-refractivity contribution in [1.29, 1.82) is 0 Å². The molecule has 4 heteroatoms. The lowest BCUT2D eigenvalue weighted by atomic mass is 9.95. The lowest BCUT2D eigenvalue weighted by Crippen LogP contribution is -2.10. The standard InChI is InChI=1S/C18H24N2O2/c1-3-17(18(21)22)16-9-7-15(8-10-16)6-4-5-12-20-13-11-19-14(20)2/h7-11,13,17H,3-6,12H2,1-2H3,(H,21,22). The van der Waals surface area contributed by atoms with Crippen molar-refractivity contribution in [2.75, 3.05) is 0 Å². The molecule has 22 heavy (non-hydrogen) atoms. The molecular formula is C18H24N2O2. The van der Waals surface area contributed by atoms with Gasteiger partial charge in [-0.1, -0.05) is 31.2 Å². The molecule has 0 aliphatic rings. The van der Waals surface area contributed by atoms with Crippen molar-refractivity contribution in [3.05, 3.63) is 53.6 Å². The van der Waals surface area contributed by atoms with E-state index in [1.165, 1.54) is 5.56 Å². The number of aryl methyl sites for hydroxylation is 3. The molecule has 1 aromatic heterocycles. The van der Waals surface area contributed by atoms with E-state index in [4.69, 9.17) is 0 Å². The van der Waals surface area contributed by atoms with Crippen LogP contribution in [0.3, 0.4) is 0 Å². The second-order valence-electron chi connectivity index (χ2n) is 5.67. The quantitative estimate of drug-likeness (QED) is 0.755. The summed E-state index contributed by atoms with van der Waals surface area (Å²) >= 11 is 0. The highest BCUT2D eigenvalue weighted by molar-refractivity contribution is 5.75. The number of nitrogens with zero attached hydrogens (tertiary/aromatic N) is 2. The van der Waals surface area contributed by atoms with Gasteiger partial charge in [0.25, 0.3) is 0 Å². The maximum absolute atomic E-state index is 11.2. The van der Waals surface area contributed by atoms with Crippen LogP contribution in [0.1, 0.15) is 49.1 Å². The summed E-state index contributed by atoms with van der Waals surface area (Å²) in [6.45, 7) is 4.93. The Balaban J connectivity index is 1.81. The van der Waals surface area contributed by atoms with E-state index in [0.717, 1.165) is 37.2 Å². The average molecular weight is 300 g/mol. The number of carboxylic acids is 1. The van der Waals surface area contributed by atoms with E-state index in [1.54, 1.807) is 0 Å². The van der Waals surface area contributed by atoms with Crippen LogP contribution in [0.2, 0.25) is 0 Å². The number of carboxylic acid groups (broad SMARTS) is 1. The molecule has 0 radical (unpaired) electrons. The SMILES string of the molecule is CCC(C(=O)O)c1ccc(CCCCn2ccnc2C)cc1. The van der Waals surface area contributed by atoms with Crippen LogP contribution in [-0.4, -0.2) is 20.6 Å².